The van der Waals surface area contributed by atoms with Gasteiger partial charge in [-0.15, -0.1) is 0 Å². The lowest BCUT2D eigenvalue weighted by Gasteiger charge is -2.31. The van der Waals surface area contributed by atoms with Crippen LogP contribution in [0.1, 0.15) is 137 Å². The van der Waals surface area contributed by atoms with Gasteiger partial charge in [-0.2, -0.15) is 0 Å². The van der Waals surface area contributed by atoms with Gasteiger partial charge in [0.1, 0.15) is 6.10 Å². The summed E-state index contributed by atoms with van der Waals surface area (Å²) in [5.41, 5.74) is 4.13. The number of unbranched alkanes of at least 4 members (excludes halogenated alkanes) is 10. The van der Waals surface area contributed by atoms with Crippen molar-refractivity contribution >= 4 is 66.7 Å². The molecule has 0 aromatic heterocycles. The van der Waals surface area contributed by atoms with Crippen LogP contribution in [0.4, 0.5) is 0 Å². The van der Waals surface area contributed by atoms with Crippen LogP contribution in [-0.4, -0.2) is 72.4 Å². The lowest BCUT2D eigenvalue weighted by molar-refractivity contribution is 0.0592. The van der Waals surface area contributed by atoms with Crippen LogP contribution in [-0.2, 0) is 9.47 Å². The number of amides is 4. The first kappa shape index (κ1) is 35.6. The molecule has 8 heteroatoms. The van der Waals surface area contributed by atoms with Gasteiger partial charge in [0.2, 0.25) is 0 Å². The van der Waals surface area contributed by atoms with E-state index in [9.17, 15) is 19.2 Å². The van der Waals surface area contributed by atoms with Crippen molar-refractivity contribution in [2.45, 2.75) is 104 Å². The maximum atomic E-state index is 14.1. The molecule has 3 aliphatic rings. The Labute approximate surface area is 311 Å². The highest BCUT2D eigenvalue weighted by Gasteiger charge is 2.37. The Morgan fingerprint density at radius 1 is 0.566 bits per heavy atom. The van der Waals surface area contributed by atoms with E-state index in [-0.39, 0.29) is 23.6 Å². The molecule has 1 fully saturated rings. The van der Waals surface area contributed by atoms with Crippen molar-refractivity contribution in [2.24, 2.45) is 0 Å². The summed E-state index contributed by atoms with van der Waals surface area (Å²) in [5.74, 6) is -0.932. The minimum atomic E-state index is -0.241. The Balaban J connectivity index is 1.08. The first-order chi connectivity index (χ1) is 25.8. The number of imide groups is 2. The normalized spacial score (nSPS) is 16.8. The average Bonchev–Trinajstić information content (AvgIpc) is 3.99. The lowest BCUT2D eigenvalue weighted by atomic mass is 9.79. The molecule has 5 aromatic rings. The van der Waals surface area contributed by atoms with Crippen LogP contribution in [0.25, 0.3) is 43.1 Å². The van der Waals surface area contributed by atoms with Crippen molar-refractivity contribution in [1.29, 1.82) is 0 Å². The van der Waals surface area contributed by atoms with Gasteiger partial charge < -0.3 is 9.47 Å². The smallest absolute Gasteiger partial charge is 0.261 e. The predicted molar refractivity (Wildman–Crippen MR) is 209 cm³/mol. The summed E-state index contributed by atoms with van der Waals surface area (Å²) < 4.78 is 10.8. The van der Waals surface area contributed by atoms with Crippen molar-refractivity contribution in [3.05, 3.63) is 69.8 Å². The molecule has 1 saturated heterocycles. The quantitative estimate of drug-likeness (QED) is 0.0295. The van der Waals surface area contributed by atoms with E-state index in [0.717, 1.165) is 114 Å². The fourth-order valence-corrected chi connectivity index (χ4v) is 8.99. The SMILES string of the molecule is CCCCCCCCN1C(=O)c2ccc3c4c(C)cc5c6c(ccc(c7c(C)cc(c2c37)C1=O)c64)C(=O)N(CCCCCCCCOCC1CO1)C5=O. The fraction of sp³-hybridized carbons (Fsp3) is 0.467. The number of carbonyl (C=O) groups excluding carboxylic acids is 4. The lowest BCUT2D eigenvalue weighted by Crippen LogP contribution is -2.41. The molecule has 0 radical (unpaired) electrons. The summed E-state index contributed by atoms with van der Waals surface area (Å²) in [4.78, 5) is 59.0. The predicted octanol–water partition coefficient (Wildman–Crippen LogP) is 9.66. The molecular formula is C45H50N2O6. The van der Waals surface area contributed by atoms with Crippen molar-refractivity contribution in [2.75, 3.05) is 32.9 Å². The third-order valence-electron chi connectivity index (χ3n) is 11.8. The number of carbonyl (C=O) groups is 4. The fourth-order valence-electron chi connectivity index (χ4n) is 8.99. The van der Waals surface area contributed by atoms with Crippen LogP contribution in [0.3, 0.4) is 0 Å². The molecular weight excluding hydrogens is 665 g/mol. The molecule has 4 amide bonds. The second-order valence-corrected chi connectivity index (χ2v) is 15.5. The topological polar surface area (TPSA) is 96.5 Å². The van der Waals surface area contributed by atoms with Gasteiger partial charge in [-0.25, -0.2) is 0 Å². The monoisotopic (exact) mass is 714 g/mol. The molecule has 0 saturated carbocycles. The molecule has 1 unspecified atom stereocenters. The van der Waals surface area contributed by atoms with Gasteiger partial charge in [-0.1, -0.05) is 76.8 Å². The van der Waals surface area contributed by atoms with Gasteiger partial charge in [0.05, 0.1) is 13.2 Å². The van der Waals surface area contributed by atoms with Crippen LogP contribution in [0.2, 0.25) is 0 Å². The summed E-state index contributed by atoms with van der Waals surface area (Å²) in [7, 11) is 0. The molecule has 3 aliphatic heterocycles. The molecule has 1 atom stereocenters. The second kappa shape index (κ2) is 14.8. The summed E-state index contributed by atoms with van der Waals surface area (Å²) in [6, 6.07) is 11.6. The van der Waals surface area contributed by atoms with Crippen molar-refractivity contribution in [3.63, 3.8) is 0 Å². The molecule has 8 rings (SSSR count). The molecule has 0 spiro atoms. The number of hydrogen-bond donors (Lipinski definition) is 0. The Morgan fingerprint density at radius 3 is 1.47 bits per heavy atom. The maximum Gasteiger partial charge on any atom is 0.261 e. The second-order valence-electron chi connectivity index (χ2n) is 15.5. The third-order valence-corrected chi connectivity index (χ3v) is 11.8. The highest BCUT2D eigenvalue weighted by atomic mass is 16.6. The van der Waals surface area contributed by atoms with Gasteiger partial charge in [0, 0.05) is 52.7 Å². The number of aryl methyl sites for hydroxylation is 2. The van der Waals surface area contributed by atoms with Crippen LogP contribution in [0.15, 0.2) is 36.4 Å². The molecule has 0 N–H and O–H groups in total. The summed E-state index contributed by atoms with van der Waals surface area (Å²) in [6.07, 6.45) is 12.8. The summed E-state index contributed by atoms with van der Waals surface area (Å²) in [6.45, 7) is 9.35. The zero-order valence-corrected chi connectivity index (χ0v) is 31.4. The van der Waals surface area contributed by atoms with E-state index >= 15 is 0 Å². The largest absolute Gasteiger partial charge is 0.379 e. The molecule has 53 heavy (non-hydrogen) atoms. The highest BCUT2D eigenvalue weighted by molar-refractivity contribution is 6.42. The van der Waals surface area contributed by atoms with E-state index in [2.05, 4.69) is 6.92 Å². The number of ether oxygens (including phenoxy) is 2. The summed E-state index contributed by atoms with van der Waals surface area (Å²) in [5, 5.41) is 7.04. The van der Waals surface area contributed by atoms with Crippen molar-refractivity contribution in [3.8, 4) is 0 Å². The van der Waals surface area contributed by atoms with E-state index in [4.69, 9.17) is 9.47 Å². The van der Waals surface area contributed by atoms with Gasteiger partial charge in [0.15, 0.2) is 0 Å². The van der Waals surface area contributed by atoms with Crippen LogP contribution < -0.4 is 0 Å². The van der Waals surface area contributed by atoms with E-state index in [1.165, 1.54) is 29.1 Å². The van der Waals surface area contributed by atoms with E-state index in [1.54, 1.807) is 0 Å². The Bertz CT molecular complexity index is 2270. The standard InChI is InChI=1S/C45H50N2O6/c1-4-5-6-7-10-13-20-46-42(48)32-18-16-30-37-28(3)24-35-39-33(19-17-31(41(37)39)36-27(2)23-34(44(46)50)38(32)40(30)36)43(49)47(45(35)51)21-14-11-8-9-12-15-22-52-25-29-26-53-29/h16-19,23-24,29H,4-15,20-22,25-26H2,1-3H3. The number of fused-ring (bicyclic) bond motifs is 2. The average molecular weight is 715 g/mol. The Kier molecular flexibility index (Phi) is 9.94. The molecule has 276 valence electrons. The van der Waals surface area contributed by atoms with Gasteiger partial charge in [-0.05, 0) is 101 Å². The van der Waals surface area contributed by atoms with Crippen LogP contribution in [0.5, 0.6) is 0 Å². The highest BCUT2D eigenvalue weighted by Crippen LogP contribution is 2.48. The Morgan fingerprint density at radius 2 is 1.00 bits per heavy atom. The summed E-state index contributed by atoms with van der Waals surface area (Å²) >= 11 is 0. The number of nitrogens with zero attached hydrogens (tertiary/aromatic N) is 2. The zero-order chi connectivity index (χ0) is 36.8. The van der Waals surface area contributed by atoms with Gasteiger partial charge in [-0.3, -0.25) is 29.0 Å². The van der Waals surface area contributed by atoms with Crippen LogP contribution in [0, 0.1) is 13.8 Å². The third kappa shape index (κ3) is 6.27. The van der Waals surface area contributed by atoms with Gasteiger partial charge in [0.25, 0.3) is 23.6 Å². The molecule has 0 aliphatic carbocycles. The van der Waals surface area contributed by atoms with Crippen molar-refractivity contribution in [1.82, 2.24) is 9.80 Å². The first-order valence-corrected chi connectivity index (χ1v) is 19.9. The minimum Gasteiger partial charge on any atom is -0.379 e. The number of hydrogen-bond acceptors (Lipinski definition) is 6. The number of benzene rings is 5. The molecule has 3 heterocycles. The van der Waals surface area contributed by atoms with Gasteiger partial charge >= 0.3 is 0 Å². The maximum absolute atomic E-state index is 14.1. The first-order valence-electron chi connectivity index (χ1n) is 19.9. The van der Waals surface area contributed by atoms with E-state index < -0.39 is 0 Å². The molecule has 5 aromatic carbocycles. The number of epoxide rings is 1. The van der Waals surface area contributed by atoms with Crippen molar-refractivity contribution < 1.29 is 28.7 Å². The molecule has 0 bridgehead atoms. The van der Waals surface area contributed by atoms with E-state index in [1.807, 2.05) is 50.2 Å². The minimum absolute atomic E-state index is 0.225. The van der Waals surface area contributed by atoms with Crippen LogP contribution >= 0.6 is 0 Å². The number of rotatable bonds is 18. The Hall–Kier alpha value is -4.40. The van der Waals surface area contributed by atoms with E-state index in [0.29, 0.717) is 58.8 Å². The zero-order valence-electron chi connectivity index (χ0n) is 31.4. The molecule has 8 nitrogen and oxygen atoms in total.